The molecule has 1 aliphatic heterocycles. The number of nitrogens with zero attached hydrogens (tertiary/aromatic N) is 1. The van der Waals surface area contributed by atoms with Gasteiger partial charge in [-0.2, -0.15) is 0 Å². The average molecular weight is 345 g/mol. The first-order valence-corrected chi connectivity index (χ1v) is 8.16. The number of hydrogen-bond acceptors (Lipinski definition) is 5. The second-order valence-corrected chi connectivity index (χ2v) is 7.39. The summed E-state index contributed by atoms with van der Waals surface area (Å²) in [6.45, 7) is 9.21. The first-order valence-electron chi connectivity index (χ1n) is 7.75. The molecular formula is C15H27N3O4S. The highest BCUT2D eigenvalue weighted by Crippen LogP contribution is 2.21. The third kappa shape index (κ3) is 6.60. The van der Waals surface area contributed by atoms with Crippen LogP contribution in [0.4, 0.5) is 9.59 Å². The highest BCUT2D eigenvalue weighted by molar-refractivity contribution is 7.80. The molecule has 1 heterocycles. The molecule has 0 saturated carbocycles. The van der Waals surface area contributed by atoms with Crippen LogP contribution in [-0.2, 0) is 9.47 Å². The van der Waals surface area contributed by atoms with Crippen LogP contribution >= 0.6 is 12.2 Å². The van der Waals surface area contributed by atoms with Gasteiger partial charge in [-0.25, -0.2) is 9.59 Å². The molecule has 2 amide bonds. The first kappa shape index (κ1) is 19.5. The summed E-state index contributed by atoms with van der Waals surface area (Å²) >= 11 is 5.05. The van der Waals surface area contributed by atoms with E-state index in [2.05, 4.69) is 5.32 Å². The van der Waals surface area contributed by atoms with Gasteiger partial charge < -0.3 is 20.5 Å². The van der Waals surface area contributed by atoms with Crippen molar-refractivity contribution in [2.45, 2.75) is 71.2 Å². The molecule has 1 fully saturated rings. The molecule has 1 saturated heterocycles. The van der Waals surface area contributed by atoms with E-state index in [4.69, 9.17) is 27.4 Å². The van der Waals surface area contributed by atoms with Gasteiger partial charge in [0.2, 0.25) is 0 Å². The van der Waals surface area contributed by atoms with Gasteiger partial charge in [-0.1, -0.05) is 12.2 Å². The lowest BCUT2D eigenvalue weighted by Crippen LogP contribution is -2.58. The van der Waals surface area contributed by atoms with Crippen LogP contribution in [0.5, 0.6) is 0 Å². The highest BCUT2D eigenvalue weighted by atomic mass is 32.1. The lowest BCUT2D eigenvalue weighted by atomic mass is 9.98. The van der Waals surface area contributed by atoms with E-state index in [1.165, 1.54) is 4.90 Å². The molecule has 3 N–H and O–H groups in total. The average Bonchev–Trinajstić information content (AvgIpc) is 2.35. The summed E-state index contributed by atoms with van der Waals surface area (Å²) in [5.74, 6) is 0. The number of hydrogen-bond donors (Lipinski definition) is 2. The van der Waals surface area contributed by atoms with Crippen molar-refractivity contribution in [3.63, 3.8) is 0 Å². The Labute approximate surface area is 142 Å². The molecule has 0 aromatic heterocycles. The summed E-state index contributed by atoms with van der Waals surface area (Å²) in [6.07, 6.45) is 0.0438. The van der Waals surface area contributed by atoms with E-state index in [1.807, 2.05) is 0 Å². The van der Waals surface area contributed by atoms with Gasteiger partial charge in [0, 0.05) is 6.54 Å². The molecule has 0 radical (unpaired) electrons. The molecule has 0 aromatic rings. The maximum atomic E-state index is 12.4. The van der Waals surface area contributed by atoms with Crippen molar-refractivity contribution >= 4 is 29.4 Å². The number of rotatable bonds is 3. The summed E-state index contributed by atoms with van der Waals surface area (Å²) in [5, 5.41) is 2.76. The third-order valence-electron chi connectivity index (χ3n) is 3.20. The van der Waals surface area contributed by atoms with E-state index in [0.717, 1.165) is 0 Å². The Kier molecular flexibility index (Phi) is 6.61. The largest absolute Gasteiger partial charge is 0.447 e. The lowest BCUT2D eigenvalue weighted by molar-refractivity contribution is 0.0129. The Morgan fingerprint density at radius 2 is 1.91 bits per heavy atom. The van der Waals surface area contributed by atoms with Crippen LogP contribution in [0.3, 0.4) is 0 Å². The van der Waals surface area contributed by atoms with Gasteiger partial charge in [-0.05, 0) is 47.5 Å². The number of nitrogens with two attached hydrogens (primary N) is 1. The third-order valence-corrected chi connectivity index (χ3v) is 3.48. The molecule has 8 heteroatoms. The Balaban J connectivity index is 2.75. The predicted molar refractivity (Wildman–Crippen MR) is 91.3 cm³/mol. The van der Waals surface area contributed by atoms with Gasteiger partial charge in [0.25, 0.3) is 0 Å². The summed E-state index contributed by atoms with van der Waals surface area (Å²) in [6, 6.07) is -0.585. The monoisotopic (exact) mass is 345 g/mol. The van der Waals surface area contributed by atoms with E-state index in [-0.39, 0.29) is 29.7 Å². The summed E-state index contributed by atoms with van der Waals surface area (Å²) in [4.78, 5) is 25.8. The lowest BCUT2D eigenvalue weighted by Gasteiger charge is -2.39. The van der Waals surface area contributed by atoms with Crippen LogP contribution in [0.15, 0.2) is 0 Å². The molecule has 132 valence electrons. The van der Waals surface area contributed by atoms with Crippen molar-refractivity contribution in [1.29, 1.82) is 0 Å². The van der Waals surface area contributed by atoms with Gasteiger partial charge in [0.15, 0.2) is 0 Å². The number of piperidine rings is 1. The maximum absolute atomic E-state index is 12.4. The van der Waals surface area contributed by atoms with Crippen molar-refractivity contribution in [3.8, 4) is 0 Å². The van der Waals surface area contributed by atoms with Crippen LogP contribution in [0.2, 0.25) is 0 Å². The second kappa shape index (κ2) is 7.81. The van der Waals surface area contributed by atoms with Gasteiger partial charge in [-0.3, -0.25) is 4.90 Å². The van der Waals surface area contributed by atoms with Crippen molar-refractivity contribution in [2.24, 2.45) is 5.73 Å². The molecule has 0 aliphatic carbocycles. The smallest absolute Gasteiger partial charge is 0.410 e. The zero-order valence-corrected chi connectivity index (χ0v) is 15.2. The van der Waals surface area contributed by atoms with E-state index >= 15 is 0 Å². The van der Waals surface area contributed by atoms with Gasteiger partial charge in [0.1, 0.15) is 5.60 Å². The fourth-order valence-electron chi connectivity index (χ4n) is 2.32. The van der Waals surface area contributed by atoms with Gasteiger partial charge >= 0.3 is 12.2 Å². The Hall–Kier alpha value is -1.57. The van der Waals surface area contributed by atoms with Crippen LogP contribution in [0.1, 0.15) is 47.5 Å². The molecule has 1 aliphatic rings. The highest BCUT2D eigenvalue weighted by Gasteiger charge is 2.36. The van der Waals surface area contributed by atoms with E-state index in [1.54, 1.807) is 34.6 Å². The van der Waals surface area contributed by atoms with E-state index in [0.29, 0.717) is 12.8 Å². The number of carbonyl (C=O) groups excluding carboxylic acids is 2. The van der Waals surface area contributed by atoms with Crippen molar-refractivity contribution < 1.29 is 19.1 Å². The van der Waals surface area contributed by atoms with Crippen LogP contribution in [0, 0.1) is 0 Å². The summed E-state index contributed by atoms with van der Waals surface area (Å²) in [7, 11) is 0. The zero-order valence-electron chi connectivity index (χ0n) is 14.4. The van der Waals surface area contributed by atoms with Crippen LogP contribution in [-0.4, -0.2) is 52.4 Å². The number of likely N-dealkylation sites (tertiary alicyclic amines) is 1. The zero-order chi connectivity index (χ0) is 17.8. The molecule has 2 unspecified atom stereocenters. The number of amides is 2. The molecular weight excluding hydrogens is 318 g/mol. The fraction of sp³-hybridized carbons (Fsp3) is 0.800. The second-order valence-electron chi connectivity index (χ2n) is 6.92. The summed E-state index contributed by atoms with van der Waals surface area (Å²) in [5.41, 5.74) is 5.13. The number of ether oxygens (including phenoxy) is 2. The van der Waals surface area contributed by atoms with Crippen LogP contribution in [0.25, 0.3) is 0 Å². The number of carbonyl (C=O) groups is 2. The predicted octanol–water partition coefficient (Wildman–Crippen LogP) is 2.18. The maximum Gasteiger partial charge on any atom is 0.410 e. The van der Waals surface area contributed by atoms with Crippen molar-refractivity contribution in [1.82, 2.24) is 10.2 Å². The minimum atomic E-state index is -0.616. The van der Waals surface area contributed by atoms with Gasteiger partial charge in [0.05, 0.1) is 23.2 Å². The van der Waals surface area contributed by atoms with E-state index < -0.39 is 17.8 Å². The minimum Gasteiger partial charge on any atom is -0.447 e. The quantitative estimate of drug-likeness (QED) is 0.762. The molecule has 1 rings (SSSR count). The molecule has 0 spiro atoms. The Morgan fingerprint density at radius 1 is 1.30 bits per heavy atom. The molecule has 0 bridgehead atoms. The Bertz CT molecular complexity index is 462. The number of nitrogens with one attached hydrogen (secondary N) is 1. The Morgan fingerprint density at radius 3 is 2.39 bits per heavy atom. The molecule has 7 nitrogen and oxygen atoms in total. The van der Waals surface area contributed by atoms with Crippen LogP contribution < -0.4 is 11.1 Å². The normalized spacial score (nSPS) is 21.7. The molecule has 2 atom stereocenters. The van der Waals surface area contributed by atoms with Crippen molar-refractivity contribution in [2.75, 3.05) is 6.54 Å². The number of thiocarbonyl (C=S) groups is 1. The van der Waals surface area contributed by atoms with Gasteiger partial charge in [-0.15, -0.1) is 0 Å². The van der Waals surface area contributed by atoms with E-state index in [9.17, 15) is 9.59 Å². The standard InChI is InChI=1S/C15H27N3O4S/c1-9(2)21-13(19)17-10-6-7-11(12(16)23)18(8-10)14(20)22-15(3,4)5/h9-11H,6-8H2,1-5H3,(H2,16,23)(H,17,19). The van der Waals surface area contributed by atoms with Crippen molar-refractivity contribution in [3.05, 3.63) is 0 Å². The number of alkyl carbamates (subject to hydrolysis) is 1. The SMILES string of the molecule is CC(C)OC(=O)NC1CCC(C(N)=S)N(C(=O)OC(C)(C)C)C1. The topological polar surface area (TPSA) is 93.9 Å². The summed E-state index contributed by atoms with van der Waals surface area (Å²) < 4.78 is 10.5. The minimum absolute atomic E-state index is 0.204. The molecule has 23 heavy (non-hydrogen) atoms. The fourth-order valence-corrected chi connectivity index (χ4v) is 2.57. The first-order chi connectivity index (χ1) is 10.5. The molecule has 0 aromatic carbocycles.